The third kappa shape index (κ3) is 6.87. The van der Waals surface area contributed by atoms with E-state index in [1.54, 1.807) is 0 Å². The predicted molar refractivity (Wildman–Crippen MR) is 91.3 cm³/mol. The van der Waals surface area contributed by atoms with Gasteiger partial charge < -0.3 is 4.74 Å². The predicted octanol–water partition coefficient (Wildman–Crippen LogP) is 1.48. The van der Waals surface area contributed by atoms with Gasteiger partial charge in [-0.3, -0.25) is 4.90 Å². The summed E-state index contributed by atoms with van der Waals surface area (Å²) in [6.45, 7) is 7.19. The number of piperidine rings is 1. The van der Waals surface area contributed by atoms with Crippen molar-refractivity contribution in [1.82, 2.24) is 9.62 Å². The van der Waals surface area contributed by atoms with E-state index in [4.69, 9.17) is 9.88 Å². The van der Waals surface area contributed by atoms with Crippen LogP contribution in [0.1, 0.15) is 32.3 Å². The van der Waals surface area contributed by atoms with Crippen LogP contribution >= 0.6 is 0 Å². The van der Waals surface area contributed by atoms with Crippen molar-refractivity contribution in [2.24, 2.45) is 11.1 Å². The fraction of sp³-hybridized carbons (Fsp3) is 0.625. The Balaban J connectivity index is 1.89. The van der Waals surface area contributed by atoms with Crippen molar-refractivity contribution in [2.75, 3.05) is 19.6 Å². The monoisotopic (exact) mass is 341 g/mol. The first-order valence-electron chi connectivity index (χ1n) is 8.07. The van der Waals surface area contributed by atoms with Crippen LogP contribution in [0.4, 0.5) is 0 Å². The summed E-state index contributed by atoms with van der Waals surface area (Å²) in [4.78, 5) is 2.35. The van der Waals surface area contributed by atoms with E-state index in [9.17, 15) is 8.42 Å². The minimum absolute atomic E-state index is 0.161. The topological polar surface area (TPSA) is 84.7 Å². The summed E-state index contributed by atoms with van der Waals surface area (Å²) in [5, 5.41) is 5.00. The molecule has 0 aromatic heterocycles. The van der Waals surface area contributed by atoms with Crippen LogP contribution in [0.15, 0.2) is 24.3 Å². The molecule has 23 heavy (non-hydrogen) atoms. The van der Waals surface area contributed by atoms with Crippen LogP contribution in [-0.2, 0) is 16.8 Å². The molecular formula is C16H27N3O3S. The average Bonchev–Trinajstić information content (AvgIpc) is 2.44. The van der Waals surface area contributed by atoms with Gasteiger partial charge in [-0.25, -0.2) is 9.86 Å². The highest BCUT2D eigenvalue weighted by Gasteiger charge is 2.21. The van der Waals surface area contributed by atoms with E-state index >= 15 is 0 Å². The standard InChI is InChI=1S/C16H27N3O3S/c1-13(2)22-16-7-3-5-14(9-16)11-19-8-4-6-15(12-19)10-18-23(17,20)21/h3,5,7,9,13,15,18H,4,6,8,10-12H2,1-2H3,(H2,17,20,21)/t15-/m1/s1. The Morgan fingerprint density at radius 2 is 2.22 bits per heavy atom. The van der Waals surface area contributed by atoms with E-state index in [2.05, 4.69) is 21.8 Å². The number of nitrogens with two attached hydrogens (primary N) is 1. The van der Waals surface area contributed by atoms with E-state index < -0.39 is 10.2 Å². The highest BCUT2D eigenvalue weighted by molar-refractivity contribution is 7.87. The van der Waals surface area contributed by atoms with Gasteiger partial charge in [0, 0.05) is 19.6 Å². The first kappa shape index (κ1) is 18.2. The molecule has 1 heterocycles. The van der Waals surface area contributed by atoms with Crippen molar-refractivity contribution in [3.05, 3.63) is 29.8 Å². The van der Waals surface area contributed by atoms with Gasteiger partial charge in [-0.15, -0.1) is 0 Å². The van der Waals surface area contributed by atoms with Crippen LogP contribution in [0.3, 0.4) is 0 Å². The number of rotatable bonds is 7. The van der Waals surface area contributed by atoms with Crippen LogP contribution in [0.2, 0.25) is 0 Å². The number of ether oxygens (including phenoxy) is 1. The van der Waals surface area contributed by atoms with Gasteiger partial charge in [0.25, 0.3) is 10.2 Å². The zero-order valence-corrected chi connectivity index (χ0v) is 14.7. The van der Waals surface area contributed by atoms with E-state index in [1.165, 1.54) is 5.56 Å². The maximum atomic E-state index is 11.0. The van der Waals surface area contributed by atoms with Crippen LogP contribution in [0, 0.1) is 5.92 Å². The Hall–Kier alpha value is -1.15. The Morgan fingerprint density at radius 3 is 2.91 bits per heavy atom. The molecule has 3 N–H and O–H groups in total. The minimum Gasteiger partial charge on any atom is -0.491 e. The SMILES string of the molecule is CC(C)Oc1cccc(CN2CCC[C@H](CNS(N)(=O)=O)C2)c1. The molecule has 1 aliphatic heterocycles. The number of hydrogen-bond donors (Lipinski definition) is 2. The summed E-state index contributed by atoms with van der Waals surface area (Å²) in [5.41, 5.74) is 1.21. The van der Waals surface area contributed by atoms with Gasteiger partial charge in [0.15, 0.2) is 0 Å². The van der Waals surface area contributed by atoms with Crippen LogP contribution in [-0.4, -0.2) is 39.1 Å². The van der Waals surface area contributed by atoms with E-state index in [0.717, 1.165) is 38.2 Å². The number of likely N-dealkylation sites (tertiary alicyclic amines) is 1. The maximum Gasteiger partial charge on any atom is 0.274 e. The van der Waals surface area contributed by atoms with Gasteiger partial charge >= 0.3 is 0 Å². The first-order chi connectivity index (χ1) is 10.8. The van der Waals surface area contributed by atoms with Crippen molar-refractivity contribution in [3.63, 3.8) is 0 Å². The van der Waals surface area contributed by atoms with E-state index in [1.807, 2.05) is 26.0 Å². The largest absolute Gasteiger partial charge is 0.491 e. The molecule has 0 radical (unpaired) electrons. The molecule has 1 atom stereocenters. The van der Waals surface area contributed by atoms with Crippen molar-refractivity contribution in [3.8, 4) is 5.75 Å². The van der Waals surface area contributed by atoms with Gasteiger partial charge in [-0.1, -0.05) is 12.1 Å². The fourth-order valence-electron chi connectivity index (χ4n) is 2.94. The van der Waals surface area contributed by atoms with Crippen molar-refractivity contribution in [2.45, 2.75) is 39.3 Å². The quantitative estimate of drug-likeness (QED) is 0.787. The molecule has 1 aliphatic rings. The highest BCUT2D eigenvalue weighted by atomic mass is 32.2. The van der Waals surface area contributed by atoms with Crippen LogP contribution < -0.4 is 14.6 Å². The second-order valence-corrected chi connectivity index (χ2v) is 7.83. The Bertz CT molecular complexity index is 604. The van der Waals surface area contributed by atoms with Crippen molar-refractivity contribution < 1.29 is 13.2 Å². The third-order valence-electron chi connectivity index (χ3n) is 3.85. The second kappa shape index (κ2) is 8.10. The molecule has 0 saturated carbocycles. The second-order valence-electron chi connectivity index (χ2n) is 6.45. The fourth-order valence-corrected chi connectivity index (χ4v) is 3.41. The molecule has 2 rings (SSSR count). The lowest BCUT2D eigenvalue weighted by atomic mass is 9.98. The third-order valence-corrected chi connectivity index (χ3v) is 4.42. The summed E-state index contributed by atoms with van der Waals surface area (Å²) in [7, 11) is -3.60. The average molecular weight is 341 g/mol. The minimum atomic E-state index is -3.60. The molecule has 1 aromatic carbocycles. The van der Waals surface area contributed by atoms with E-state index in [-0.39, 0.29) is 6.10 Å². The van der Waals surface area contributed by atoms with Crippen LogP contribution in [0.5, 0.6) is 5.75 Å². The first-order valence-corrected chi connectivity index (χ1v) is 9.62. The molecule has 6 nitrogen and oxygen atoms in total. The zero-order chi connectivity index (χ0) is 16.9. The van der Waals surface area contributed by atoms with E-state index in [0.29, 0.717) is 12.5 Å². The molecule has 7 heteroatoms. The highest BCUT2D eigenvalue weighted by Crippen LogP contribution is 2.20. The summed E-state index contributed by atoms with van der Waals surface area (Å²) >= 11 is 0. The van der Waals surface area contributed by atoms with Gasteiger partial charge in [0.1, 0.15) is 5.75 Å². The normalized spacial score (nSPS) is 19.9. The summed E-state index contributed by atoms with van der Waals surface area (Å²) < 4.78 is 30.2. The van der Waals surface area contributed by atoms with Gasteiger partial charge in [-0.05, 0) is 56.8 Å². The molecule has 0 unspecified atom stereocenters. The lowest BCUT2D eigenvalue weighted by Gasteiger charge is -2.32. The van der Waals surface area contributed by atoms with Gasteiger partial charge in [0.05, 0.1) is 6.10 Å². The number of nitrogens with one attached hydrogen (secondary N) is 1. The van der Waals surface area contributed by atoms with Gasteiger partial charge in [-0.2, -0.15) is 8.42 Å². The molecular weight excluding hydrogens is 314 g/mol. The summed E-state index contributed by atoms with van der Waals surface area (Å²) in [6, 6.07) is 8.15. The maximum absolute atomic E-state index is 11.0. The lowest BCUT2D eigenvalue weighted by molar-refractivity contribution is 0.168. The molecule has 0 amide bonds. The Labute approximate surface area is 139 Å². The van der Waals surface area contributed by atoms with Crippen molar-refractivity contribution in [1.29, 1.82) is 0 Å². The molecule has 1 fully saturated rings. The van der Waals surface area contributed by atoms with Crippen LogP contribution in [0.25, 0.3) is 0 Å². The number of benzene rings is 1. The molecule has 1 aromatic rings. The Kier molecular flexibility index (Phi) is 6.41. The number of nitrogens with zero attached hydrogens (tertiary/aromatic N) is 1. The molecule has 0 spiro atoms. The summed E-state index contributed by atoms with van der Waals surface area (Å²) in [5.74, 6) is 1.19. The lowest BCUT2D eigenvalue weighted by Crippen LogP contribution is -2.42. The summed E-state index contributed by atoms with van der Waals surface area (Å²) in [6.07, 6.45) is 2.25. The Morgan fingerprint density at radius 1 is 1.43 bits per heavy atom. The van der Waals surface area contributed by atoms with Gasteiger partial charge in [0.2, 0.25) is 0 Å². The number of hydrogen-bond acceptors (Lipinski definition) is 4. The smallest absolute Gasteiger partial charge is 0.274 e. The molecule has 0 aliphatic carbocycles. The zero-order valence-electron chi connectivity index (χ0n) is 13.9. The molecule has 0 bridgehead atoms. The van der Waals surface area contributed by atoms with Crippen molar-refractivity contribution >= 4 is 10.2 Å². The molecule has 130 valence electrons. The molecule has 1 saturated heterocycles.